The van der Waals surface area contributed by atoms with Crippen LogP contribution in [0.25, 0.3) is 0 Å². The summed E-state index contributed by atoms with van der Waals surface area (Å²) in [7, 11) is 1.48. The maximum absolute atomic E-state index is 12.0. The van der Waals surface area contributed by atoms with Gasteiger partial charge in [-0.3, -0.25) is 4.79 Å². The number of halogens is 1. The van der Waals surface area contributed by atoms with Gasteiger partial charge in [-0.1, -0.05) is 11.6 Å². The summed E-state index contributed by atoms with van der Waals surface area (Å²) in [6, 6.07) is 6.10. The van der Waals surface area contributed by atoms with Crippen LogP contribution in [0.2, 0.25) is 5.02 Å². The minimum Gasteiger partial charge on any atom is -0.495 e. The molecule has 0 saturated heterocycles. The molecule has 0 N–H and O–H groups in total. The predicted octanol–water partition coefficient (Wildman–Crippen LogP) is 3.29. The number of hydrogen-bond donors (Lipinski definition) is 0. The molecule has 0 radical (unpaired) electrons. The number of rotatable bonds is 5. The number of carbonyl (C=O) groups excluding carboxylic acids is 2. The Kier molecular flexibility index (Phi) is 4.65. The molecular weight excluding hydrogens is 296 g/mol. The summed E-state index contributed by atoms with van der Waals surface area (Å²) in [6.45, 7) is 1.27. The highest BCUT2D eigenvalue weighted by atomic mass is 35.5. The molecule has 0 aliphatic heterocycles. The van der Waals surface area contributed by atoms with E-state index in [0.717, 1.165) is 0 Å². The first-order valence-electron chi connectivity index (χ1n) is 6.11. The molecule has 0 fully saturated rings. The summed E-state index contributed by atoms with van der Waals surface area (Å²) in [5.41, 5.74) is 0.646. The molecule has 110 valence electrons. The molecule has 1 heterocycles. The van der Waals surface area contributed by atoms with E-state index < -0.39 is 5.97 Å². The van der Waals surface area contributed by atoms with Crippen molar-refractivity contribution in [2.45, 2.75) is 6.92 Å². The third kappa shape index (κ3) is 3.44. The first-order chi connectivity index (χ1) is 10.0. The molecule has 0 bridgehead atoms. The molecule has 2 aromatic rings. The van der Waals surface area contributed by atoms with Crippen LogP contribution in [0.1, 0.15) is 26.5 Å². The second-order valence-electron chi connectivity index (χ2n) is 4.24. The van der Waals surface area contributed by atoms with Gasteiger partial charge in [0, 0.05) is 5.56 Å². The quantitative estimate of drug-likeness (QED) is 0.626. The zero-order valence-corrected chi connectivity index (χ0v) is 12.3. The Bertz CT molecular complexity index is 674. The predicted molar refractivity (Wildman–Crippen MR) is 76.1 cm³/mol. The van der Waals surface area contributed by atoms with Crippen molar-refractivity contribution in [1.29, 1.82) is 0 Å². The lowest BCUT2D eigenvalue weighted by molar-refractivity contribution is 0.0473. The number of carbonyl (C=O) groups is 2. The highest BCUT2D eigenvalue weighted by molar-refractivity contribution is 6.32. The lowest BCUT2D eigenvalue weighted by atomic mass is 10.1. The number of esters is 1. The van der Waals surface area contributed by atoms with Gasteiger partial charge in [-0.2, -0.15) is 0 Å². The number of ether oxygens (including phenoxy) is 2. The smallest absolute Gasteiger partial charge is 0.342 e. The number of furan rings is 1. The molecule has 0 aliphatic carbocycles. The van der Waals surface area contributed by atoms with Crippen molar-refractivity contribution < 1.29 is 23.5 Å². The Balaban J connectivity index is 2.00. The summed E-state index contributed by atoms with van der Waals surface area (Å²) in [4.78, 5) is 23.7. The normalized spacial score (nSPS) is 10.2. The standard InChI is InChI=1S/C15H13ClO5/c1-9-11(5-6-20-9)15(18)21-8-13(17)10-3-4-14(19-2)12(16)7-10/h3-7H,8H2,1-2H3. The Morgan fingerprint density at radius 3 is 2.62 bits per heavy atom. The van der Waals surface area contributed by atoms with Crippen molar-refractivity contribution in [3.63, 3.8) is 0 Å². The van der Waals surface area contributed by atoms with Gasteiger partial charge in [0.15, 0.2) is 12.4 Å². The van der Waals surface area contributed by atoms with Crippen molar-refractivity contribution in [2.24, 2.45) is 0 Å². The minimum absolute atomic E-state index is 0.301. The summed E-state index contributed by atoms with van der Waals surface area (Å²) in [5, 5.41) is 0.320. The van der Waals surface area contributed by atoms with Crippen LogP contribution in [-0.2, 0) is 4.74 Å². The van der Waals surface area contributed by atoms with Crippen LogP contribution < -0.4 is 4.74 Å². The van der Waals surface area contributed by atoms with E-state index in [0.29, 0.717) is 27.7 Å². The number of hydrogen-bond acceptors (Lipinski definition) is 5. The van der Waals surface area contributed by atoms with Gasteiger partial charge in [-0.25, -0.2) is 4.79 Å². The number of methoxy groups -OCH3 is 1. The van der Waals surface area contributed by atoms with E-state index in [4.69, 9.17) is 25.5 Å². The largest absolute Gasteiger partial charge is 0.495 e. The minimum atomic E-state index is -0.603. The molecule has 1 aromatic carbocycles. The van der Waals surface area contributed by atoms with E-state index in [9.17, 15) is 9.59 Å². The molecule has 0 atom stereocenters. The molecule has 0 spiro atoms. The highest BCUT2D eigenvalue weighted by Gasteiger charge is 2.16. The third-order valence-electron chi connectivity index (χ3n) is 2.89. The van der Waals surface area contributed by atoms with Gasteiger partial charge in [0.05, 0.1) is 18.4 Å². The Labute approximate surface area is 126 Å². The van der Waals surface area contributed by atoms with Crippen molar-refractivity contribution >= 4 is 23.4 Å². The van der Waals surface area contributed by atoms with E-state index in [2.05, 4.69) is 0 Å². The first kappa shape index (κ1) is 15.1. The first-order valence-corrected chi connectivity index (χ1v) is 6.48. The summed E-state index contributed by atoms with van der Waals surface area (Å²) >= 11 is 5.94. The average molecular weight is 309 g/mol. The number of aryl methyl sites for hydroxylation is 1. The lowest BCUT2D eigenvalue weighted by Gasteiger charge is -2.06. The van der Waals surface area contributed by atoms with Crippen LogP contribution in [0.15, 0.2) is 34.9 Å². The van der Waals surface area contributed by atoms with E-state index >= 15 is 0 Å². The molecule has 6 heteroatoms. The fourth-order valence-corrected chi connectivity index (χ4v) is 1.99. The maximum atomic E-state index is 12.0. The topological polar surface area (TPSA) is 65.7 Å². The van der Waals surface area contributed by atoms with E-state index in [1.54, 1.807) is 19.1 Å². The molecule has 0 amide bonds. The zero-order valence-electron chi connectivity index (χ0n) is 11.5. The molecular formula is C15H13ClO5. The van der Waals surface area contributed by atoms with Crippen molar-refractivity contribution in [3.8, 4) is 5.75 Å². The summed E-state index contributed by atoms with van der Waals surface area (Å²) in [6.07, 6.45) is 1.39. The average Bonchev–Trinajstić information content (AvgIpc) is 2.90. The SMILES string of the molecule is COc1ccc(C(=O)COC(=O)c2ccoc2C)cc1Cl. The summed E-state index contributed by atoms with van der Waals surface area (Å²) in [5.74, 6) is -0.0394. The van der Waals surface area contributed by atoms with Gasteiger partial charge in [0.1, 0.15) is 17.1 Å². The molecule has 21 heavy (non-hydrogen) atoms. The van der Waals surface area contributed by atoms with Crippen molar-refractivity contribution in [2.75, 3.05) is 13.7 Å². The number of benzene rings is 1. The fraction of sp³-hybridized carbons (Fsp3) is 0.200. The van der Waals surface area contributed by atoms with Gasteiger partial charge in [0.2, 0.25) is 0 Å². The van der Waals surface area contributed by atoms with Crippen LogP contribution in [0.3, 0.4) is 0 Å². The molecule has 0 unspecified atom stereocenters. The lowest BCUT2D eigenvalue weighted by Crippen LogP contribution is -2.14. The Morgan fingerprint density at radius 1 is 1.29 bits per heavy atom. The van der Waals surface area contributed by atoms with Crippen LogP contribution >= 0.6 is 11.6 Å². The molecule has 0 saturated carbocycles. The van der Waals surface area contributed by atoms with E-state index in [1.807, 2.05) is 0 Å². The van der Waals surface area contributed by atoms with Gasteiger partial charge in [-0.15, -0.1) is 0 Å². The van der Waals surface area contributed by atoms with Crippen molar-refractivity contribution in [3.05, 3.63) is 52.4 Å². The summed E-state index contributed by atoms with van der Waals surface area (Å²) < 4.78 is 15.0. The zero-order chi connectivity index (χ0) is 15.4. The van der Waals surface area contributed by atoms with Crippen LogP contribution in [0.5, 0.6) is 5.75 Å². The fourth-order valence-electron chi connectivity index (χ4n) is 1.73. The van der Waals surface area contributed by atoms with Gasteiger partial charge in [0.25, 0.3) is 0 Å². The molecule has 5 nitrogen and oxygen atoms in total. The van der Waals surface area contributed by atoms with E-state index in [1.165, 1.54) is 25.5 Å². The van der Waals surface area contributed by atoms with Gasteiger partial charge >= 0.3 is 5.97 Å². The van der Waals surface area contributed by atoms with Crippen molar-refractivity contribution in [1.82, 2.24) is 0 Å². The van der Waals surface area contributed by atoms with E-state index in [-0.39, 0.29) is 12.4 Å². The van der Waals surface area contributed by atoms with Crippen LogP contribution in [0.4, 0.5) is 0 Å². The Morgan fingerprint density at radius 2 is 2.05 bits per heavy atom. The number of ketones is 1. The van der Waals surface area contributed by atoms with Gasteiger partial charge < -0.3 is 13.9 Å². The van der Waals surface area contributed by atoms with Crippen LogP contribution in [0, 0.1) is 6.92 Å². The molecule has 2 rings (SSSR count). The second kappa shape index (κ2) is 6.45. The Hall–Kier alpha value is -2.27. The van der Waals surface area contributed by atoms with Gasteiger partial charge in [-0.05, 0) is 31.2 Å². The van der Waals surface area contributed by atoms with Crippen LogP contribution in [-0.4, -0.2) is 25.5 Å². The second-order valence-corrected chi connectivity index (χ2v) is 4.65. The monoisotopic (exact) mass is 308 g/mol. The highest BCUT2D eigenvalue weighted by Crippen LogP contribution is 2.25. The molecule has 1 aromatic heterocycles. The maximum Gasteiger partial charge on any atom is 0.342 e. The molecule has 0 aliphatic rings. The third-order valence-corrected chi connectivity index (χ3v) is 3.18. The number of Topliss-reactive ketones (excluding diaryl/α,β-unsaturated/α-hetero) is 1.